The summed E-state index contributed by atoms with van der Waals surface area (Å²) in [7, 11) is 0. The summed E-state index contributed by atoms with van der Waals surface area (Å²) in [6.07, 6.45) is 0. The molecule has 3 rings (SSSR count). The number of nitrogens with zero attached hydrogens (tertiary/aromatic N) is 3. The highest BCUT2D eigenvalue weighted by Gasteiger charge is 2.14. The molecule has 0 aliphatic carbocycles. The van der Waals surface area contributed by atoms with E-state index in [1.54, 1.807) is 4.68 Å². The predicted molar refractivity (Wildman–Crippen MR) is 105 cm³/mol. The SMILES string of the molecule is Cc1nnc(SCc2ccccc2)n1NC(=O)c1ccc(C(C)C)cc1. The summed E-state index contributed by atoms with van der Waals surface area (Å²) in [5, 5.41) is 8.93. The fraction of sp³-hybridized carbons (Fsp3) is 0.250. The van der Waals surface area contributed by atoms with Crippen LogP contribution in [0.1, 0.15) is 47.1 Å². The van der Waals surface area contributed by atoms with Crippen LogP contribution >= 0.6 is 11.8 Å². The summed E-state index contributed by atoms with van der Waals surface area (Å²) in [5.74, 6) is 1.67. The Labute approximate surface area is 157 Å². The number of aromatic nitrogens is 3. The van der Waals surface area contributed by atoms with Crippen molar-refractivity contribution in [3.8, 4) is 0 Å². The fourth-order valence-electron chi connectivity index (χ4n) is 2.47. The first kappa shape index (κ1) is 18.2. The molecule has 5 nitrogen and oxygen atoms in total. The minimum absolute atomic E-state index is 0.176. The van der Waals surface area contributed by atoms with Crippen molar-refractivity contribution < 1.29 is 4.79 Å². The molecule has 1 heterocycles. The van der Waals surface area contributed by atoms with Crippen LogP contribution in [-0.4, -0.2) is 20.8 Å². The third-order valence-electron chi connectivity index (χ3n) is 4.06. The van der Waals surface area contributed by atoms with Crippen LogP contribution in [0, 0.1) is 6.92 Å². The topological polar surface area (TPSA) is 59.8 Å². The maximum Gasteiger partial charge on any atom is 0.270 e. The predicted octanol–water partition coefficient (Wildman–Crippen LogP) is 4.39. The van der Waals surface area contributed by atoms with Gasteiger partial charge >= 0.3 is 0 Å². The van der Waals surface area contributed by atoms with Crippen molar-refractivity contribution in [3.63, 3.8) is 0 Å². The van der Waals surface area contributed by atoms with E-state index < -0.39 is 0 Å². The Morgan fingerprint density at radius 2 is 1.77 bits per heavy atom. The Hall–Kier alpha value is -2.60. The molecule has 0 aliphatic heterocycles. The van der Waals surface area contributed by atoms with Crippen molar-refractivity contribution in [2.45, 2.75) is 37.6 Å². The lowest BCUT2D eigenvalue weighted by Gasteiger charge is -2.11. The quantitative estimate of drug-likeness (QED) is 0.658. The Kier molecular flexibility index (Phi) is 5.73. The van der Waals surface area contributed by atoms with E-state index in [0.29, 0.717) is 22.5 Å². The molecule has 1 aromatic heterocycles. The average Bonchev–Trinajstić information content (AvgIpc) is 3.00. The molecule has 0 fully saturated rings. The van der Waals surface area contributed by atoms with Gasteiger partial charge in [0.1, 0.15) is 5.82 Å². The smallest absolute Gasteiger partial charge is 0.267 e. The number of aryl methyl sites for hydroxylation is 1. The van der Waals surface area contributed by atoms with Crippen molar-refractivity contribution >= 4 is 17.7 Å². The summed E-state index contributed by atoms with van der Waals surface area (Å²) in [6.45, 7) is 6.08. The van der Waals surface area contributed by atoms with Crippen molar-refractivity contribution in [1.82, 2.24) is 14.9 Å². The maximum atomic E-state index is 12.6. The second kappa shape index (κ2) is 8.19. The molecular weight excluding hydrogens is 344 g/mol. The number of hydrogen-bond donors (Lipinski definition) is 1. The van der Waals surface area contributed by atoms with Gasteiger partial charge in [-0.25, -0.2) is 4.68 Å². The number of thioether (sulfide) groups is 1. The minimum Gasteiger partial charge on any atom is -0.267 e. The number of amides is 1. The third-order valence-corrected chi connectivity index (χ3v) is 5.06. The van der Waals surface area contributed by atoms with Crippen LogP contribution in [0.5, 0.6) is 0 Å². The van der Waals surface area contributed by atoms with E-state index in [1.165, 1.54) is 22.9 Å². The van der Waals surface area contributed by atoms with Gasteiger partial charge in [-0.05, 0) is 36.1 Å². The van der Waals surface area contributed by atoms with E-state index in [-0.39, 0.29) is 5.91 Å². The lowest BCUT2D eigenvalue weighted by atomic mass is 10.0. The number of nitrogens with one attached hydrogen (secondary N) is 1. The van der Waals surface area contributed by atoms with E-state index in [4.69, 9.17) is 0 Å². The molecule has 0 saturated heterocycles. The highest BCUT2D eigenvalue weighted by Crippen LogP contribution is 2.21. The number of hydrogen-bond acceptors (Lipinski definition) is 4. The van der Waals surface area contributed by atoms with Crippen LogP contribution in [0.25, 0.3) is 0 Å². The first-order valence-corrected chi connectivity index (χ1v) is 9.53. The fourth-order valence-corrected chi connectivity index (χ4v) is 3.37. The lowest BCUT2D eigenvalue weighted by molar-refractivity contribution is 0.100. The molecule has 0 saturated carbocycles. The normalized spacial score (nSPS) is 10.9. The van der Waals surface area contributed by atoms with Crippen LogP contribution in [-0.2, 0) is 5.75 Å². The molecular formula is C20H22N4OS. The summed E-state index contributed by atoms with van der Waals surface area (Å²) >= 11 is 1.54. The Morgan fingerprint density at radius 1 is 1.08 bits per heavy atom. The largest absolute Gasteiger partial charge is 0.270 e. The van der Waals surface area contributed by atoms with Gasteiger partial charge in [-0.1, -0.05) is 68.1 Å². The second-order valence-electron chi connectivity index (χ2n) is 6.36. The Morgan fingerprint density at radius 3 is 2.42 bits per heavy atom. The Bertz CT molecular complexity index is 873. The van der Waals surface area contributed by atoms with Crippen molar-refractivity contribution in [3.05, 3.63) is 77.1 Å². The molecule has 0 radical (unpaired) electrons. The van der Waals surface area contributed by atoms with Crippen LogP contribution in [0.2, 0.25) is 0 Å². The van der Waals surface area contributed by atoms with Crippen LogP contribution < -0.4 is 5.43 Å². The average molecular weight is 366 g/mol. The van der Waals surface area contributed by atoms with E-state index in [9.17, 15) is 4.79 Å². The zero-order chi connectivity index (χ0) is 18.5. The summed E-state index contributed by atoms with van der Waals surface area (Å²) in [5.41, 5.74) is 5.91. The van der Waals surface area contributed by atoms with Crippen LogP contribution in [0.4, 0.5) is 0 Å². The second-order valence-corrected chi connectivity index (χ2v) is 7.30. The van der Waals surface area contributed by atoms with Crippen molar-refractivity contribution in [2.24, 2.45) is 0 Å². The van der Waals surface area contributed by atoms with Gasteiger partial charge in [-0.3, -0.25) is 10.2 Å². The lowest BCUT2D eigenvalue weighted by Crippen LogP contribution is -2.24. The van der Waals surface area contributed by atoms with Gasteiger partial charge in [-0.15, -0.1) is 10.2 Å². The van der Waals surface area contributed by atoms with Gasteiger partial charge in [0.2, 0.25) is 5.16 Å². The summed E-state index contributed by atoms with van der Waals surface area (Å²) in [6, 6.07) is 17.8. The van der Waals surface area contributed by atoms with Gasteiger partial charge in [0, 0.05) is 11.3 Å². The number of carbonyl (C=O) groups excluding carboxylic acids is 1. The van der Waals surface area contributed by atoms with E-state index in [2.05, 4.69) is 41.6 Å². The molecule has 26 heavy (non-hydrogen) atoms. The number of rotatable bonds is 6. The molecule has 0 aliphatic rings. The molecule has 1 N–H and O–H groups in total. The molecule has 0 bridgehead atoms. The van der Waals surface area contributed by atoms with Gasteiger partial charge in [0.25, 0.3) is 5.91 Å². The first-order valence-electron chi connectivity index (χ1n) is 8.54. The molecule has 6 heteroatoms. The third kappa shape index (κ3) is 4.32. The maximum absolute atomic E-state index is 12.6. The minimum atomic E-state index is -0.176. The molecule has 0 unspecified atom stereocenters. The zero-order valence-corrected chi connectivity index (χ0v) is 16.0. The highest BCUT2D eigenvalue weighted by molar-refractivity contribution is 7.98. The first-order chi connectivity index (χ1) is 12.5. The zero-order valence-electron chi connectivity index (χ0n) is 15.1. The summed E-state index contributed by atoms with van der Waals surface area (Å²) in [4.78, 5) is 12.6. The molecule has 1 amide bonds. The van der Waals surface area contributed by atoms with Crippen molar-refractivity contribution in [1.29, 1.82) is 0 Å². The monoisotopic (exact) mass is 366 g/mol. The van der Waals surface area contributed by atoms with E-state index >= 15 is 0 Å². The molecule has 2 aromatic carbocycles. The van der Waals surface area contributed by atoms with Crippen molar-refractivity contribution in [2.75, 3.05) is 5.43 Å². The highest BCUT2D eigenvalue weighted by atomic mass is 32.2. The van der Waals surface area contributed by atoms with E-state index in [0.717, 1.165) is 5.75 Å². The van der Waals surface area contributed by atoms with Crippen LogP contribution in [0.3, 0.4) is 0 Å². The summed E-state index contributed by atoms with van der Waals surface area (Å²) < 4.78 is 1.65. The Balaban J connectivity index is 1.71. The molecule has 0 spiro atoms. The van der Waals surface area contributed by atoms with Gasteiger partial charge in [-0.2, -0.15) is 0 Å². The molecule has 3 aromatic rings. The molecule has 134 valence electrons. The van der Waals surface area contributed by atoms with Gasteiger partial charge in [0.05, 0.1) is 0 Å². The van der Waals surface area contributed by atoms with Gasteiger partial charge in [0.15, 0.2) is 0 Å². The number of carbonyl (C=O) groups is 1. The molecule has 0 atom stereocenters. The van der Waals surface area contributed by atoms with E-state index in [1.807, 2.05) is 49.4 Å². The standard InChI is InChI=1S/C20H22N4OS/c1-14(2)17-9-11-18(12-10-17)19(25)23-24-15(3)21-22-20(24)26-13-16-7-5-4-6-8-16/h4-12,14H,13H2,1-3H3,(H,23,25). The van der Waals surface area contributed by atoms with Crippen LogP contribution in [0.15, 0.2) is 59.8 Å². The van der Waals surface area contributed by atoms with Gasteiger partial charge < -0.3 is 0 Å². The number of benzene rings is 2.